The zero-order valence-corrected chi connectivity index (χ0v) is 16.0. The lowest BCUT2D eigenvalue weighted by atomic mass is 9.88. The van der Waals surface area contributed by atoms with Gasteiger partial charge in [-0.2, -0.15) is 0 Å². The normalized spacial score (nSPS) is 11.6. The smallest absolute Gasteiger partial charge is 0.119 e. The van der Waals surface area contributed by atoms with Gasteiger partial charge in [-0.3, -0.25) is 0 Å². The molecular formula is C24H24N2O2. The lowest BCUT2D eigenvalue weighted by Gasteiger charge is -2.17. The van der Waals surface area contributed by atoms with Crippen LogP contribution < -0.4 is 10.5 Å². The van der Waals surface area contributed by atoms with Crippen molar-refractivity contribution in [2.45, 2.75) is 13.3 Å². The highest BCUT2D eigenvalue weighted by Gasteiger charge is 2.14. The molecule has 0 atom stereocenters. The molecule has 0 saturated heterocycles. The van der Waals surface area contributed by atoms with E-state index in [0.29, 0.717) is 18.8 Å². The average molecular weight is 372 g/mol. The highest BCUT2D eigenvalue weighted by molar-refractivity contribution is 5.99. The van der Waals surface area contributed by atoms with Crippen LogP contribution in [0.1, 0.15) is 30.0 Å². The lowest BCUT2D eigenvalue weighted by molar-refractivity contribution is 0.328. The van der Waals surface area contributed by atoms with E-state index in [4.69, 9.17) is 10.5 Å². The van der Waals surface area contributed by atoms with Crippen LogP contribution in [0, 0.1) is 4.91 Å². The van der Waals surface area contributed by atoms with Crippen molar-refractivity contribution in [1.29, 1.82) is 0 Å². The molecule has 3 rings (SSSR count). The van der Waals surface area contributed by atoms with Crippen molar-refractivity contribution in [2.24, 2.45) is 10.9 Å². The molecule has 0 fully saturated rings. The van der Waals surface area contributed by atoms with Crippen LogP contribution in [0.4, 0.5) is 5.69 Å². The molecule has 0 spiro atoms. The van der Waals surface area contributed by atoms with Crippen molar-refractivity contribution in [3.63, 3.8) is 0 Å². The summed E-state index contributed by atoms with van der Waals surface area (Å²) in [6, 6.07) is 25.7. The summed E-state index contributed by atoms with van der Waals surface area (Å²) in [5, 5.41) is 3.11. The summed E-state index contributed by atoms with van der Waals surface area (Å²) in [5.41, 5.74) is 11.4. The molecule has 4 heteroatoms. The fourth-order valence-electron chi connectivity index (χ4n) is 3.29. The summed E-state index contributed by atoms with van der Waals surface area (Å²) in [6.45, 7) is 3.11. The Bertz CT molecular complexity index is 948. The molecule has 0 aliphatic carbocycles. The highest BCUT2D eigenvalue weighted by Crippen LogP contribution is 2.36. The first-order valence-corrected chi connectivity index (χ1v) is 9.42. The number of hydrogen-bond acceptors (Lipinski definition) is 4. The Morgan fingerprint density at radius 1 is 0.893 bits per heavy atom. The highest BCUT2D eigenvalue weighted by atomic mass is 16.5. The molecule has 2 N–H and O–H groups in total. The molecule has 142 valence electrons. The molecule has 0 aliphatic heterocycles. The van der Waals surface area contributed by atoms with Gasteiger partial charge < -0.3 is 10.5 Å². The minimum Gasteiger partial charge on any atom is -0.492 e. The number of rotatable bonds is 8. The molecule has 0 unspecified atom stereocenters. The van der Waals surface area contributed by atoms with Crippen LogP contribution in [0.2, 0.25) is 0 Å². The van der Waals surface area contributed by atoms with Gasteiger partial charge >= 0.3 is 0 Å². The molecule has 3 aromatic rings. The minimum absolute atomic E-state index is 0.418. The van der Waals surface area contributed by atoms with Gasteiger partial charge in [0, 0.05) is 6.54 Å². The molecule has 0 saturated carbocycles. The molecular weight excluding hydrogens is 348 g/mol. The second-order valence-electron chi connectivity index (χ2n) is 6.38. The van der Waals surface area contributed by atoms with E-state index in [9.17, 15) is 4.91 Å². The van der Waals surface area contributed by atoms with Crippen LogP contribution in [0.25, 0.3) is 11.1 Å². The van der Waals surface area contributed by atoms with Crippen LogP contribution in [0.15, 0.2) is 84.0 Å². The molecule has 0 amide bonds. The van der Waals surface area contributed by atoms with E-state index in [-0.39, 0.29) is 0 Å². The van der Waals surface area contributed by atoms with E-state index < -0.39 is 0 Å². The third kappa shape index (κ3) is 4.53. The third-order valence-electron chi connectivity index (χ3n) is 4.55. The molecule has 0 heterocycles. The van der Waals surface area contributed by atoms with Gasteiger partial charge in [-0.25, -0.2) is 0 Å². The van der Waals surface area contributed by atoms with E-state index in [1.54, 1.807) is 6.07 Å². The molecule has 4 nitrogen and oxygen atoms in total. The summed E-state index contributed by atoms with van der Waals surface area (Å²) < 4.78 is 5.61. The second kappa shape index (κ2) is 9.62. The molecule has 0 aliphatic rings. The minimum atomic E-state index is 0.418. The Labute approximate surface area is 165 Å². The van der Waals surface area contributed by atoms with Crippen LogP contribution in [0.3, 0.4) is 0 Å². The first-order chi connectivity index (χ1) is 13.8. The molecule has 0 radical (unpaired) electrons. The molecule has 0 bridgehead atoms. The molecule has 28 heavy (non-hydrogen) atoms. The van der Waals surface area contributed by atoms with Crippen LogP contribution >= 0.6 is 0 Å². The Balaban J connectivity index is 2.16. The number of allylic oxidation sites excluding steroid dienone is 1. The van der Waals surface area contributed by atoms with Gasteiger partial charge in [-0.05, 0) is 63.7 Å². The average Bonchev–Trinajstić information content (AvgIpc) is 2.77. The number of hydrogen-bond donors (Lipinski definition) is 1. The van der Waals surface area contributed by atoms with Crippen molar-refractivity contribution in [1.82, 2.24) is 0 Å². The van der Waals surface area contributed by atoms with Gasteiger partial charge in [0.1, 0.15) is 18.0 Å². The molecule has 3 aromatic carbocycles. The Hall–Kier alpha value is -3.24. The zero-order valence-electron chi connectivity index (χ0n) is 16.0. The fraction of sp³-hybridized carbons (Fsp3) is 0.167. The predicted molar refractivity (Wildman–Crippen MR) is 116 cm³/mol. The summed E-state index contributed by atoms with van der Waals surface area (Å²) in [6.07, 6.45) is 0.851. The van der Waals surface area contributed by atoms with Crippen LogP contribution in [-0.2, 0) is 0 Å². The third-order valence-corrected chi connectivity index (χ3v) is 4.55. The Morgan fingerprint density at radius 3 is 2.25 bits per heavy atom. The summed E-state index contributed by atoms with van der Waals surface area (Å²) in [4.78, 5) is 11.1. The largest absolute Gasteiger partial charge is 0.492 e. The summed E-state index contributed by atoms with van der Waals surface area (Å²) in [5.74, 6) is 0.787. The first-order valence-electron chi connectivity index (χ1n) is 9.42. The number of nitroso groups, excluding NO2 is 1. The summed E-state index contributed by atoms with van der Waals surface area (Å²) >= 11 is 0. The monoisotopic (exact) mass is 372 g/mol. The zero-order chi connectivity index (χ0) is 19.8. The van der Waals surface area contributed by atoms with Crippen molar-refractivity contribution in [2.75, 3.05) is 13.2 Å². The van der Waals surface area contributed by atoms with Crippen LogP contribution in [0.5, 0.6) is 5.75 Å². The van der Waals surface area contributed by atoms with Crippen molar-refractivity contribution >= 4 is 16.8 Å². The summed E-state index contributed by atoms with van der Waals surface area (Å²) in [7, 11) is 0. The second-order valence-corrected chi connectivity index (χ2v) is 6.38. The van der Waals surface area contributed by atoms with E-state index >= 15 is 0 Å². The quantitative estimate of drug-likeness (QED) is 0.402. The van der Waals surface area contributed by atoms with Gasteiger partial charge in [0.25, 0.3) is 0 Å². The van der Waals surface area contributed by atoms with Crippen molar-refractivity contribution in [3.05, 3.63) is 100 Å². The van der Waals surface area contributed by atoms with Gasteiger partial charge in [0.05, 0.1) is 0 Å². The number of benzene rings is 3. The van der Waals surface area contributed by atoms with E-state index in [0.717, 1.165) is 34.4 Å². The first kappa shape index (κ1) is 19.5. The Morgan fingerprint density at radius 2 is 1.61 bits per heavy atom. The lowest BCUT2D eigenvalue weighted by Crippen LogP contribution is -2.10. The van der Waals surface area contributed by atoms with Crippen molar-refractivity contribution < 1.29 is 4.74 Å². The SMILES string of the molecule is CC/C(=C(/c1ccc(OCCN)cc1)c1cccc(N=O)c1)c1ccccc1. The van der Waals surface area contributed by atoms with E-state index in [1.807, 2.05) is 60.7 Å². The van der Waals surface area contributed by atoms with Gasteiger partial charge in [-0.1, -0.05) is 61.5 Å². The van der Waals surface area contributed by atoms with E-state index in [1.165, 1.54) is 5.57 Å². The number of nitrogens with two attached hydrogens (primary N) is 1. The fourth-order valence-corrected chi connectivity index (χ4v) is 3.29. The van der Waals surface area contributed by atoms with Gasteiger partial charge in [0.2, 0.25) is 0 Å². The topological polar surface area (TPSA) is 64.7 Å². The molecule has 0 aromatic heterocycles. The maximum Gasteiger partial charge on any atom is 0.119 e. The van der Waals surface area contributed by atoms with Crippen molar-refractivity contribution in [3.8, 4) is 5.75 Å². The number of ether oxygens (including phenoxy) is 1. The van der Waals surface area contributed by atoms with Gasteiger partial charge in [0.15, 0.2) is 0 Å². The van der Waals surface area contributed by atoms with E-state index in [2.05, 4.69) is 24.2 Å². The predicted octanol–water partition coefficient (Wildman–Crippen LogP) is 5.79. The van der Waals surface area contributed by atoms with Gasteiger partial charge in [-0.15, -0.1) is 4.91 Å². The Kier molecular flexibility index (Phi) is 6.71. The maximum absolute atomic E-state index is 11.1. The maximum atomic E-state index is 11.1. The van der Waals surface area contributed by atoms with Crippen LogP contribution in [-0.4, -0.2) is 13.2 Å². The number of nitrogens with zero attached hydrogens (tertiary/aromatic N) is 1. The standard InChI is InChI=1S/C24H24N2O2/c1-2-23(18-7-4-3-5-8-18)24(20-9-6-10-21(17-20)26-27)19-11-13-22(14-12-19)28-16-15-25/h3-14,17H,2,15-16,25H2,1H3/b24-23+.